The van der Waals surface area contributed by atoms with Gasteiger partial charge in [0.05, 0.1) is 5.69 Å². The number of pyridine rings is 1. The summed E-state index contributed by atoms with van der Waals surface area (Å²) in [6.07, 6.45) is 6.95. The topological polar surface area (TPSA) is 17.8 Å². The summed E-state index contributed by atoms with van der Waals surface area (Å²) < 4.78 is 2.57. The highest BCUT2D eigenvalue weighted by Gasteiger charge is 2.15. The van der Waals surface area contributed by atoms with E-state index >= 15 is 0 Å². The predicted molar refractivity (Wildman–Crippen MR) is 141 cm³/mol. The lowest BCUT2D eigenvalue weighted by Gasteiger charge is -2.17. The van der Waals surface area contributed by atoms with Crippen LogP contribution in [0.4, 0.5) is 0 Å². The number of hydrogen-bond acceptors (Lipinski definition) is 1. The summed E-state index contributed by atoms with van der Waals surface area (Å²) in [5.41, 5.74) is 7.34. The highest BCUT2D eigenvalue weighted by Crippen LogP contribution is 2.34. The Morgan fingerprint density at radius 3 is 2.33 bits per heavy atom. The molecule has 0 aliphatic rings. The minimum Gasteiger partial charge on any atom is -0.340 e. The molecule has 1 unspecified atom stereocenters. The summed E-state index contributed by atoms with van der Waals surface area (Å²) in [6.45, 7) is 5.71. The summed E-state index contributed by atoms with van der Waals surface area (Å²) in [5.74, 6) is 0.708. The van der Waals surface area contributed by atoms with Crippen molar-refractivity contribution in [3.05, 3.63) is 91.1 Å². The average molecular weight is 433 g/mol. The minimum atomic E-state index is 0.708. The van der Waals surface area contributed by atoms with E-state index in [9.17, 15) is 0 Å². The van der Waals surface area contributed by atoms with Gasteiger partial charge in [-0.3, -0.25) is 4.98 Å². The van der Waals surface area contributed by atoms with Gasteiger partial charge in [-0.05, 0) is 53.8 Å². The molecule has 0 amide bonds. The van der Waals surface area contributed by atoms with Crippen molar-refractivity contribution in [3.8, 4) is 22.4 Å². The van der Waals surface area contributed by atoms with Gasteiger partial charge in [-0.15, -0.1) is 0 Å². The minimum absolute atomic E-state index is 0.708. The van der Waals surface area contributed by atoms with E-state index in [-0.39, 0.29) is 0 Å². The Labute approximate surface area is 196 Å². The van der Waals surface area contributed by atoms with Crippen LogP contribution < -0.4 is 0 Å². The van der Waals surface area contributed by atoms with Gasteiger partial charge in [0, 0.05) is 40.1 Å². The smallest absolute Gasteiger partial charge is 0.0702 e. The van der Waals surface area contributed by atoms with E-state index in [1.165, 1.54) is 58.6 Å². The molecule has 33 heavy (non-hydrogen) atoms. The summed E-state index contributed by atoms with van der Waals surface area (Å²) in [5, 5.41) is 2.70. The number of rotatable bonds is 8. The SMILES string of the molecule is CCCCC(CC)Cn1c2ccccc2c2ccc(-c3cccc(-c4ccccn4)c3)cc21. The second-order valence-electron chi connectivity index (χ2n) is 9.07. The summed E-state index contributed by atoms with van der Waals surface area (Å²) >= 11 is 0. The fraction of sp³-hybridized carbons (Fsp3) is 0.258. The Morgan fingerprint density at radius 2 is 1.52 bits per heavy atom. The van der Waals surface area contributed by atoms with E-state index in [0.717, 1.165) is 17.8 Å². The van der Waals surface area contributed by atoms with Gasteiger partial charge >= 0.3 is 0 Å². The molecule has 0 bridgehead atoms. The number of unbranched alkanes of at least 4 members (excludes halogenated alkanes) is 1. The molecule has 2 nitrogen and oxygen atoms in total. The normalized spacial score (nSPS) is 12.4. The Kier molecular flexibility index (Phi) is 6.26. The maximum Gasteiger partial charge on any atom is 0.0702 e. The first-order valence-corrected chi connectivity index (χ1v) is 12.3. The van der Waals surface area contributed by atoms with Gasteiger partial charge in [0.2, 0.25) is 0 Å². The Balaban J connectivity index is 1.61. The van der Waals surface area contributed by atoms with Crippen molar-refractivity contribution in [2.24, 2.45) is 5.92 Å². The molecule has 5 rings (SSSR count). The average Bonchev–Trinajstić information content (AvgIpc) is 3.20. The molecule has 0 radical (unpaired) electrons. The molecule has 0 fully saturated rings. The molecule has 166 valence electrons. The summed E-state index contributed by atoms with van der Waals surface area (Å²) in [6, 6.07) is 30.7. The number of benzene rings is 3. The zero-order valence-corrected chi connectivity index (χ0v) is 19.7. The third-order valence-corrected chi connectivity index (χ3v) is 6.91. The monoisotopic (exact) mass is 432 g/mol. The standard InChI is InChI=1S/C31H32N2/c1-3-5-11-23(4-2)22-33-30-16-7-6-14-27(30)28-18-17-25(21-31(28)33)24-12-10-13-26(20-24)29-15-8-9-19-32-29/h6-10,12-21,23H,3-5,11,22H2,1-2H3. The van der Waals surface area contributed by atoms with Crippen molar-refractivity contribution >= 4 is 21.8 Å². The van der Waals surface area contributed by atoms with Crippen LogP contribution in [0, 0.1) is 5.92 Å². The molecule has 0 N–H and O–H groups in total. The van der Waals surface area contributed by atoms with Crippen molar-refractivity contribution in [1.29, 1.82) is 0 Å². The van der Waals surface area contributed by atoms with Crippen molar-refractivity contribution in [2.75, 3.05) is 0 Å². The van der Waals surface area contributed by atoms with Gasteiger partial charge in [-0.2, -0.15) is 0 Å². The van der Waals surface area contributed by atoms with E-state index in [1.54, 1.807) is 0 Å². The lowest BCUT2D eigenvalue weighted by Crippen LogP contribution is -2.10. The van der Waals surface area contributed by atoms with Crippen molar-refractivity contribution in [1.82, 2.24) is 9.55 Å². The molecule has 2 heteroatoms. The molecule has 3 aromatic carbocycles. The van der Waals surface area contributed by atoms with Crippen LogP contribution in [0.25, 0.3) is 44.2 Å². The molecule has 0 saturated heterocycles. The lowest BCUT2D eigenvalue weighted by molar-refractivity contribution is 0.401. The van der Waals surface area contributed by atoms with E-state index in [0.29, 0.717) is 5.92 Å². The van der Waals surface area contributed by atoms with Gasteiger partial charge in [0.15, 0.2) is 0 Å². The van der Waals surface area contributed by atoms with Crippen LogP contribution in [-0.4, -0.2) is 9.55 Å². The zero-order valence-electron chi connectivity index (χ0n) is 19.7. The van der Waals surface area contributed by atoms with E-state index < -0.39 is 0 Å². The van der Waals surface area contributed by atoms with E-state index in [1.807, 2.05) is 18.3 Å². The zero-order chi connectivity index (χ0) is 22.6. The van der Waals surface area contributed by atoms with Crippen LogP contribution in [0.15, 0.2) is 91.1 Å². The third-order valence-electron chi connectivity index (χ3n) is 6.91. The summed E-state index contributed by atoms with van der Waals surface area (Å²) in [4.78, 5) is 4.54. The number of hydrogen-bond donors (Lipinski definition) is 0. The molecule has 5 aromatic rings. The Bertz CT molecular complexity index is 1360. The van der Waals surface area contributed by atoms with Crippen molar-refractivity contribution < 1.29 is 0 Å². The van der Waals surface area contributed by atoms with Crippen LogP contribution in [0.2, 0.25) is 0 Å². The first kappa shape index (κ1) is 21.5. The van der Waals surface area contributed by atoms with Crippen molar-refractivity contribution in [3.63, 3.8) is 0 Å². The van der Waals surface area contributed by atoms with E-state index in [2.05, 4.69) is 96.2 Å². The molecular formula is C31H32N2. The molecule has 2 heterocycles. The maximum atomic E-state index is 4.54. The molecule has 0 saturated carbocycles. The van der Waals surface area contributed by atoms with Crippen LogP contribution in [0.1, 0.15) is 39.5 Å². The fourth-order valence-electron chi connectivity index (χ4n) is 4.99. The first-order valence-electron chi connectivity index (χ1n) is 12.3. The van der Waals surface area contributed by atoms with Crippen LogP contribution >= 0.6 is 0 Å². The molecular weight excluding hydrogens is 400 g/mol. The molecule has 0 aliphatic carbocycles. The molecule has 0 spiro atoms. The number of fused-ring (bicyclic) bond motifs is 3. The van der Waals surface area contributed by atoms with E-state index in [4.69, 9.17) is 0 Å². The van der Waals surface area contributed by atoms with Gasteiger partial charge < -0.3 is 4.57 Å². The Hall–Kier alpha value is -3.39. The molecule has 0 aliphatic heterocycles. The van der Waals surface area contributed by atoms with Gasteiger partial charge in [0.25, 0.3) is 0 Å². The number of aromatic nitrogens is 2. The number of nitrogens with zero attached hydrogens (tertiary/aromatic N) is 2. The largest absolute Gasteiger partial charge is 0.340 e. The highest BCUT2D eigenvalue weighted by molar-refractivity contribution is 6.09. The lowest BCUT2D eigenvalue weighted by atomic mass is 9.98. The molecule has 2 aromatic heterocycles. The van der Waals surface area contributed by atoms with Crippen LogP contribution in [0.3, 0.4) is 0 Å². The van der Waals surface area contributed by atoms with Gasteiger partial charge in [-0.1, -0.05) is 87.7 Å². The quantitative estimate of drug-likeness (QED) is 0.240. The first-order chi connectivity index (χ1) is 16.3. The second kappa shape index (κ2) is 9.62. The predicted octanol–water partition coefficient (Wildman–Crippen LogP) is 8.74. The third kappa shape index (κ3) is 4.30. The van der Waals surface area contributed by atoms with Crippen molar-refractivity contribution in [2.45, 2.75) is 46.1 Å². The fourth-order valence-corrected chi connectivity index (χ4v) is 4.99. The van der Waals surface area contributed by atoms with Crippen LogP contribution in [0.5, 0.6) is 0 Å². The summed E-state index contributed by atoms with van der Waals surface area (Å²) in [7, 11) is 0. The van der Waals surface area contributed by atoms with Gasteiger partial charge in [-0.25, -0.2) is 0 Å². The molecule has 1 atom stereocenters. The second-order valence-corrected chi connectivity index (χ2v) is 9.07. The maximum absolute atomic E-state index is 4.54. The highest BCUT2D eigenvalue weighted by atomic mass is 15.0. The number of para-hydroxylation sites is 1. The Morgan fingerprint density at radius 1 is 0.727 bits per heavy atom. The van der Waals surface area contributed by atoms with Gasteiger partial charge in [0.1, 0.15) is 0 Å². The van der Waals surface area contributed by atoms with Crippen LogP contribution in [-0.2, 0) is 6.54 Å².